The first-order valence-electron chi connectivity index (χ1n) is 6.73. The third kappa shape index (κ3) is 2.61. The van der Waals surface area contributed by atoms with Crippen LogP contribution in [0.1, 0.15) is 5.69 Å². The quantitative estimate of drug-likeness (QED) is 0.739. The number of fused-ring (bicyclic) bond motifs is 1. The van der Waals surface area contributed by atoms with Crippen LogP contribution in [0, 0.1) is 0 Å². The number of hydrogen-bond acceptors (Lipinski definition) is 3. The van der Waals surface area contributed by atoms with Crippen molar-refractivity contribution < 1.29 is 0 Å². The molecule has 5 heteroatoms. The number of benzene rings is 2. The smallest absolute Gasteiger partial charge is 0.0896 e. The lowest BCUT2D eigenvalue weighted by molar-refractivity contribution is 0.755. The number of halogens is 1. The summed E-state index contributed by atoms with van der Waals surface area (Å²) in [6.45, 7) is 0.715. The standard InChI is InChI=1S/C16H17BrN4/c1-20(16-8-7-11(17)9-13(16)18)10-14-12-5-3-4-6-15(12)21(2)19-14/h3-9H,10,18H2,1-2H3. The van der Waals surface area contributed by atoms with Crippen molar-refractivity contribution in [3.05, 3.63) is 52.6 Å². The number of rotatable bonds is 3. The molecule has 0 atom stereocenters. The lowest BCUT2D eigenvalue weighted by atomic mass is 10.2. The van der Waals surface area contributed by atoms with Gasteiger partial charge >= 0.3 is 0 Å². The molecule has 0 aliphatic rings. The zero-order chi connectivity index (χ0) is 15.0. The molecular formula is C16H17BrN4. The molecule has 3 rings (SSSR count). The van der Waals surface area contributed by atoms with Gasteiger partial charge in [0.15, 0.2) is 0 Å². The lowest BCUT2D eigenvalue weighted by Crippen LogP contribution is -2.18. The molecule has 0 saturated heterocycles. The Morgan fingerprint density at radius 3 is 2.76 bits per heavy atom. The van der Waals surface area contributed by atoms with Gasteiger partial charge in [0.25, 0.3) is 0 Å². The molecule has 0 radical (unpaired) electrons. The van der Waals surface area contributed by atoms with Gasteiger partial charge in [0.1, 0.15) is 0 Å². The lowest BCUT2D eigenvalue weighted by Gasteiger charge is -2.20. The average molecular weight is 345 g/mol. The van der Waals surface area contributed by atoms with Crippen LogP contribution >= 0.6 is 15.9 Å². The Hall–Kier alpha value is -2.01. The molecule has 1 aromatic heterocycles. The van der Waals surface area contributed by atoms with Crippen molar-refractivity contribution in [2.24, 2.45) is 7.05 Å². The zero-order valence-corrected chi connectivity index (χ0v) is 13.6. The van der Waals surface area contributed by atoms with Crippen LogP contribution in [0.5, 0.6) is 0 Å². The molecule has 0 fully saturated rings. The molecule has 0 saturated carbocycles. The molecule has 0 aliphatic carbocycles. The van der Waals surface area contributed by atoms with E-state index in [9.17, 15) is 0 Å². The van der Waals surface area contributed by atoms with Gasteiger partial charge < -0.3 is 10.6 Å². The first-order chi connectivity index (χ1) is 10.1. The highest BCUT2D eigenvalue weighted by molar-refractivity contribution is 9.10. The van der Waals surface area contributed by atoms with Crippen molar-refractivity contribution in [2.45, 2.75) is 6.54 Å². The third-order valence-electron chi connectivity index (χ3n) is 3.62. The predicted octanol–water partition coefficient (Wildman–Crippen LogP) is 3.55. The third-order valence-corrected chi connectivity index (χ3v) is 4.12. The van der Waals surface area contributed by atoms with E-state index in [0.29, 0.717) is 6.54 Å². The van der Waals surface area contributed by atoms with Crippen molar-refractivity contribution in [1.82, 2.24) is 9.78 Å². The molecule has 2 N–H and O–H groups in total. The topological polar surface area (TPSA) is 47.1 Å². The molecule has 3 aromatic rings. The summed E-state index contributed by atoms with van der Waals surface area (Å²) in [5.41, 5.74) is 10.1. The van der Waals surface area contributed by atoms with Crippen LogP contribution in [0.2, 0.25) is 0 Å². The minimum Gasteiger partial charge on any atom is -0.397 e. The fourth-order valence-corrected chi connectivity index (χ4v) is 2.97. The van der Waals surface area contributed by atoms with Crippen LogP contribution in [0.25, 0.3) is 10.9 Å². The van der Waals surface area contributed by atoms with Crippen LogP contribution in [0.15, 0.2) is 46.9 Å². The van der Waals surface area contributed by atoms with E-state index < -0.39 is 0 Å². The summed E-state index contributed by atoms with van der Waals surface area (Å²) in [5, 5.41) is 5.81. The maximum absolute atomic E-state index is 6.10. The van der Waals surface area contributed by atoms with Gasteiger partial charge in [-0.25, -0.2) is 0 Å². The number of aromatic nitrogens is 2. The highest BCUT2D eigenvalue weighted by Crippen LogP contribution is 2.28. The van der Waals surface area contributed by atoms with E-state index in [1.54, 1.807) is 0 Å². The summed E-state index contributed by atoms with van der Waals surface area (Å²) >= 11 is 3.43. The van der Waals surface area contributed by atoms with Crippen molar-refractivity contribution in [1.29, 1.82) is 0 Å². The SMILES string of the molecule is CN(Cc1nn(C)c2ccccc12)c1ccc(Br)cc1N. The number of para-hydroxylation sites is 1. The molecule has 108 valence electrons. The molecule has 21 heavy (non-hydrogen) atoms. The number of nitrogens with two attached hydrogens (primary N) is 1. The monoisotopic (exact) mass is 344 g/mol. The molecule has 0 bridgehead atoms. The number of hydrogen-bond donors (Lipinski definition) is 1. The van der Waals surface area contributed by atoms with Crippen LogP contribution in [0.4, 0.5) is 11.4 Å². The second-order valence-electron chi connectivity index (χ2n) is 5.15. The van der Waals surface area contributed by atoms with Gasteiger partial charge in [-0.3, -0.25) is 4.68 Å². The van der Waals surface area contributed by atoms with Crippen LogP contribution in [0.3, 0.4) is 0 Å². The van der Waals surface area contributed by atoms with Crippen molar-refractivity contribution in [3.8, 4) is 0 Å². The van der Waals surface area contributed by atoms with E-state index in [1.807, 2.05) is 49.1 Å². The second-order valence-corrected chi connectivity index (χ2v) is 6.06. The molecule has 1 heterocycles. The molecular weight excluding hydrogens is 328 g/mol. The fraction of sp³-hybridized carbons (Fsp3) is 0.188. The highest BCUT2D eigenvalue weighted by atomic mass is 79.9. The minimum absolute atomic E-state index is 0.715. The molecule has 0 amide bonds. The normalized spacial score (nSPS) is 11.0. The molecule has 2 aromatic carbocycles. The maximum atomic E-state index is 6.10. The number of nitrogen functional groups attached to an aromatic ring is 1. The van der Waals surface area contributed by atoms with E-state index in [1.165, 1.54) is 5.39 Å². The Bertz CT molecular complexity index is 794. The number of anilines is 2. The fourth-order valence-electron chi connectivity index (χ4n) is 2.59. The van der Waals surface area contributed by atoms with Gasteiger partial charge in [0.05, 0.1) is 29.1 Å². The van der Waals surface area contributed by atoms with E-state index >= 15 is 0 Å². The van der Waals surface area contributed by atoms with E-state index in [2.05, 4.69) is 38.1 Å². The second kappa shape index (κ2) is 5.41. The van der Waals surface area contributed by atoms with Gasteiger partial charge in [0.2, 0.25) is 0 Å². The van der Waals surface area contributed by atoms with Crippen LogP contribution in [-0.2, 0) is 13.6 Å². The maximum Gasteiger partial charge on any atom is 0.0896 e. The minimum atomic E-state index is 0.715. The summed E-state index contributed by atoms with van der Waals surface area (Å²) in [4.78, 5) is 2.12. The number of nitrogens with zero attached hydrogens (tertiary/aromatic N) is 3. The van der Waals surface area contributed by atoms with Gasteiger partial charge in [-0.1, -0.05) is 34.1 Å². The summed E-state index contributed by atoms with van der Waals surface area (Å²) in [5.74, 6) is 0. The average Bonchev–Trinajstić information content (AvgIpc) is 2.76. The Kier molecular flexibility index (Phi) is 3.59. The first kappa shape index (κ1) is 13.9. The number of aryl methyl sites for hydroxylation is 1. The Balaban J connectivity index is 1.94. The van der Waals surface area contributed by atoms with Crippen molar-refractivity contribution >= 4 is 38.2 Å². The summed E-state index contributed by atoms with van der Waals surface area (Å²) in [6.07, 6.45) is 0. The molecule has 0 aliphatic heterocycles. The zero-order valence-electron chi connectivity index (χ0n) is 12.0. The van der Waals surface area contributed by atoms with Crippen LogP contribution < -0.4 is 10.6 Å². The Morgan fingerprint density at radius 1 is 1.24 bits per heavy atom. The molecule has 0 spiro atoms. The highest BCUT2D eigenvalue weighted by Gasteiger charge is 2.12. The van der Waals surface area contributed by atoms with Crippen LogP contribution in [-0.4, -0.2) is 16.8 Å². The van der Waals surface area contributed by atoms with E-state index in [0.717, 1.165) is 27.1 Å². The van der Waals surface area contributed by atoms with Gasteiger partial charge in [-0.05, 0) is 24.3 Å². The molecule has 0 unspecified atom stereocenters. The van der Waals surface area contributed by atoms with Gasteiger partial charge in [0, 0.05) is 24.0 Å². The first-order valence-corrected chi connectivity index (χ1v) is 7.52. The largest absolute Gasteiger partial charge is 0.397 e. The van der Waals surface area contributed by atoms with E-state index in [-0.39, 0.29) is 0 Å². The van der Waals surface area contributed by atoms with Crippen molar-refractivity contribution in [2.75, 3.05) is 17.7 Å². The van der Waals surface area contributed by atoms with Crippen molar-refractivity contribution in [3.63, 3.8) is 0 Å². The van der Waals surface area contributed by atoms with Gasteiger partial charge in [-0.2, -0.15) is 5.10 Å². The summed E-state index contributed by atoms with van der Waals surface area (Å²) < 4.78 is 2.91. The Morgan fingerprint density at radius 2 is 2.00 bits per heavy atom. The Labute approximate surface area is 132 Å². The summed E-state index contributed by atoms with van der Waals surface area (Å²) in [7, 11) is 4.00. The predicted molar refractivity (Wildman–Crippen MR) is 91.4 cm³/mol. The molecule has 4 nitrogen and oxygen atoms in total. The summed E-state index contributed by atoms with van der Waals surface area (Å²) in [6, 6.07) is 14.2. The van der Waals surface area contributed by atoms with Gasteiger partial charge in [-0.15, -0.1) is 0 Å². The van der Waals surface area contributed by atoms with E-state index in [4.69, 9.17) is 5.73 Å².